The molecule has 1 aromatic rings. The summed E-state index contributed by atoms with van der Waals surface area (Å²) in [5, 5.41) is 15.0. The molecule has 8 nitrogen and oxygen atoms in total. The highest BCUT2D eigenvalue weighted by Gasteiger charge is 2.51. The van der Waals surface area contributed by atoms with E-state index >= 15 is 0 Å². The fourth-order valence-corrected chi connectivity index (χ4v) is 4.28. The molecule has 0 spiro atoms. The lowest BCUT2D eigenvalue weighted by atomic mass is 9.85. The molecule has 3 unspecified atom stereocenters. The summed E-state index contributed by atoms with van der Waals surface area (Å²) in [6, 6.07) is 5.24. The number of nitrogens with one attached hydrogen (secondary N) is 2. The zero-order valence-corrected chi connectivity index (χ0v) is 18.5. The molecule has 4 amide bonds. The number of carbonyl (C=O) groups excluding carboxylic acids is 4. The number of carbonyl (C=O) groups is 4. The van der Waals surface area contributed by atoms with E-state index in [1.54, 1.807) is 12.1 Å². The van der Waals surface area contributed by atoms with E-state index in [-0.39, 0.29) is 47.1 Å². The first-order chi connectivity index (χ1) is 15.3. The summed E-state index contributed by atoms with van der Waals surface area (Å²) < 4.78 is 0. The summed E-state index contributed by atoms with van der Waals surface area (Å²) in [5.74, 6) is -1.71. The minimum Gasteiger partial charge on any atom is -0.508 e. The molecule has 8 heteroatoms. The van der Waals surface area contributed by atoms with E-state index in [4.69, 9.17) is 0 Å². The number of phenols is 1. The van der Waals surface area contributed by atoms with Crippen LogP contribution in [0.4, 0.5) is 0 Å². The Morgan fingerprint density at radius 2 is 1.69 bits per heavy atom. The smallest absolute Gasteiger partial charge is 0.251 e. The molecule has 1 heterocycles. The maximum Gasteiger partial charge on any atom is 0.251 e. The Bertz CT molecular complexity index is 885. The van der Waals surface area contributed by atoms with Gasteiger partial charge < -0.3 is 15.7 Å². The maximum atomic E-state index is 12.9. The standard InChI is InChI=1S/C24H31N3O5/c1-15(2)13-20(27-23(31)18-9-3-4-10-19(18)24(27)32)22(30)26-12-6-11-25-21(29)16-7-5-8-17(28)14-16/h3-5,7-8,14-15,18-20,28H,6,9-13H2,1-2H3,(H,25,29)(H,26,30). The molecule has 3 rings (SSSR count). The zero-order chi connectivity index (χ0) is 23.3. The molecule has 1 aliphatic heterocycles. The SMILES string of the molecule is CC(C)CC(C(=O)NCCCNC(=O)c1cccc(O)c1)N1C(=O)C2CC=CCC2C1=O. The van der Waals surface area contributed by atoms with Crippen LogP contribution in [0.3, 0.4) is 0 Å². The predicted octanol–water partition coefficient (Wildman–Crippen LogP) is 1.99. The number of benzene rings is 1. The van der Waals surface area contributed by atoms with Crippen LogP contribution < -0.4 is 10.6 Å². The fourth-order valence-electron chi connectivity index (χ4n) is 4.28. The number of phenolic OH excluding ortho intramolecular Hbond substituents is 1. The lowest BCUT2D eigenvalue weighted by molar-refractivity contribution is -0.148. The first-order valence-corrected chi connectivity index (χ1v) is 11.2. The summed E-state index contributed by atoms with van der Waals surface area (Å²) in [7, 11) is 0. The highest BCUT2D eigenvalue weighted by Crippen LogP contribution is 2.37. The molecule has 1 saturated heterocycles. The predicted molar refractivity (Wildman–Crippen MR) is 119 cm³/mol. The van der Waals surface area contributed by atoms with Gasteiger partial charge in [-0.25, -0.2) is 0 Å². The molecule has 172 valence electrons. The molecule has 1 aromatic carbocycles. The van der Waals surface area contributed by atoms with Gasteiger partial charge in [0.15, 0.2) is 0 Å². The highest BCUT2D eigenvalue weighted by molar-refractivity contribution is 6.08. The van der Waals surface area contributed by atoms with Gasteiger partial charge >= 0.3 is 0 Å². The van der Waals surface area contributed by atoms with Crippen molar-refractivity contribution in [3.8, 4) is 5.75 Å². The van der Waals surface area contributed by atoms with E-state index in [1.165, 1.54) is 17.0 Å². The van der Waals surface area contributed by atoms with E-state index in [0.717, 1.165) is 0 Å². The van der Waals surface area contributed by atoms with E-state index in [2.05, 4.69) is 10.6 Å². The van der Waals surface area contributed by atoms with Crippen molar-refractivity contribution in [2.45, 2.75) is 45.6 Å². The number of nitrogens with zero attached hydrogens (tertiary/aromatic N) is 1. The fraction of sp³-hybridized carbons (Fsp3) is 0.500. The van der Waals surface area contributed by atoms with Crippen LogP contribution in [0.15, 0.2) is 36.4 Å². The Balaban J connectivity index is 1.52. The van der Waals surface area contributed by atoms with Gasteiger partial charge in [-0.2, -0.15) is 0 Å². The van der Waals surface area contributed by atoms with Crippen molar-refractivity contribution in [3.05, 3.63) is 42.0 Å². The second kappa shape index (κ2) is 10.4. The van der Waals surface area contributed by atoms with Gasteiger partial charge in [-0.1, -0.05) is 32.1 Å². The van der Waals surface area contributed by atoms with Crippen LogP contribution in [-0.2, 0) is 14.4 Å². The quantitative estimate of drug-likeness (QED) is 0.308. The molecular weight excluding hydrogens is 410 g/mol. The van der Waals surface area contributed by atoms with E-state index < -0.39 is 6.04 Å². The Hall–Kier alpha value is -3.16. The van der Waals surface area contributed by atoms with Crippen LogP contribution >= 0.6 is 0 Å². The third-order valence-electron chi connectivity index (χ3n) is 5.90. The molecule has 32 heavy (non-hydrogen) atoms. The first kappa shape index (κ1) is 23.5. The summed E-state index contributed by atoms with van der Waals surface area (Å²) in [6.45, 7) is 4.55. The second-order valence-corrected chi connectivity index (χ2v) is 8.80. The average Bonchev–Trinajstić information content (AvgIpc) is 3.02. The molecule has 0 aromatic heterocycles. The molecule has 1 fully saturated rings. The van der Waals surface area contributed by atoms with Crippen molar-refractivity contribution >= 4 is 23.6 Å². The number of allylic oxidation sites excluding steroid dienone is 2. The van der Waals surface area contributed by atoms with Crippen molar-refractivity contribution < 1.29 is 24.3 Å². The van der Waals surface area contributed by atoms with Gasteiger partial charge in [0.1, 0.15) is 11.8 Å². The van der Waals surface area contributed by atoms with Crippen LogP contribution in [0.5, 0.6) is 5.75 Å². The van der Waals surface area contributed by atoms with Gasteiger partial charge in [0, 0.05) is 18.7 Å². The van der Waals surface area contributed by atoms with Gasteiger partial charge in [0.05, 0.1) is 11.8 Å². The minimum atomic E-state index is -0.817. The summed E-state index contributed by atoms with van der Waals surface area (Å²) in [6.07, 6.45) is 5.84. The first-order valence-electron chi connectivity index (χ1n) is 11.2. The number of fused-ring (bicyclic) bond motifs is 1. The van der Waals surface area contributed by atoms with E-state index in [0.29, 0.717) is 44.3 Å². The van der Waals surface area contributed by atoms with Gasteiger partial charge in [-0.05, 0) is 49.8 Å². The molecule has 0 saturated carbocycles. The lowest BCUT2D eigenvalue weighted by Crippen LogP contribution is -2.51. The highest BCUT2D eigenvalue weighted by atomic mass is 16.3. The maximum absolute atomic E-state index is 12.9. The number of likely N-dealkylation sites (tertiary alicyclic amines) is 1. The van der Waals surface area contributed by atoms with Crippen molar-refractivity contribution in [1.82, 2.24) is 15.5 Å². The third-order valence-corrected chi connectivity index (χ3v) is 5.90. The van der Waals surface area contributed by atoms with E-state index in [1.807, 2.05) is 26.0 Å². The number of amides is 4. The van der Waals surface area contributed by atoms with Crippen LogP contribution in [0, 0.1) is 17.8 Å². The van der Waals surface area contributed by atoms with Crippen LogP contribution in [0.25, 0.3) is 0 Å². The van der Waals surface area contributed by atoms with Gasteiger partial charge in [0.2, 0.25) is 17.7 Å². The third kappa shape index (κ3) is 5.36. The number of hydrogen-bond donors (Lipinski definition) is 3. The summed E-state index contributed by atoms with van der Waals surface area (Å²) in [4.78, 5) is 52.0. The monoisotopic (exact) mass is 441 g/mol. The molecule has 1 aliphatic carbocycles. The Morgan fingerprint density at radius 1 is 1.06 bits per heavy atom. The molecule has 3 N–H and O–H groups in total. The Kier molecular flexibility index (Phi) is 7.66. The van der Waals surface area contributed by atoms with Crippen molar-refractivity contribution in [3.63, 3.8) is 0 Å². The molecule has 0 radical (unpaired) electrons. The van der Waals surface area contributed by atoms with Crippen LogP contribution in [0.2, 0.25) is 0 Å². The van der Waals surface area contributed by atoms with Crippen LogP contribution in [-0.4, -0.2) is 52.8 Å². The van der Waals surface area contributed by atoms with Crippen molar-refractivity contribution in [1.29, 1.82) is 0 Å². The normalized spacial score (nSPS) is 20.9. The van der Waals surface area contributed by atoms with Crippen molar-refractivity contribution in [2.75, 3.05) is 13.1 Å². The average molecular weight is 442 g/mol. The largest absolute Gasteiger partial charge is 0.508 e. The second-order valence-electron chi connectivity index (χ2n) is 8.80. The Labute approximate surface area is 188 Å². The number of imide groups is 1. The molecule has 0 bridgehead atoms. The van der Waals surface area contributed by atoms with Crippen LogP contribution in [0.1, 0.15) is 49.9 Å². The van der Waals surface area contributed by atoms with Gasteiger partial charge in [-0.15, -0.1) is 0 Å². The summed E-state index contributed by atoms with van der Waals surface area (Å²) >= 11 is 0. The van der Waals surface area contributed by atoms with E-state index in [9.17, 15) is 24.3 Å². The topological polar surface area (TPSA) is 116 Å². The van der Waals surface area contributed by atoms with Crippen molar-refractivity contribution in [2.24, 2.45) is 17.8 Å². The van der Waals surface area contributed by atoms with Gasteiger partial charge in [-0.3, -0.25) is 24.1 Å². The number of aromatic hydroxyl groups is 1. The molecule has 3 atom stereocenters. The number of rotatable bonds is 9. The van der Waals surface area contributed by atoms with Gasteiger partial charge in [0.25, 0.3) is 5.91 Å². The molecular formula is C24H31N3O5. The lowest BCUT2D eigenvalue weighted by Gasteiger charge is -2.27. The minimum absolute atomic E-state index is 0.0164. The number of hydrogen-bond acceptors (Lipinski definition) is 5. The zero-order valence-electron chi connectivity index (χ0n) is 18.5. The molecule has 2 aliphatic rings. The summed E-state index contributed by atoms with van der Waals surface area (Å²) in [5.41, 5.74) is 0.355. The Morgan fingerprint density at radius 3 is 2.28 bits per heavy atom.